The van der Waals surface area contributed by atoms with E-state index in [1.54, 1.807) is 24.5 Å². The Bertz CT molecular complexity index is 1090. The largest absolute Gasteiger partial charge is 0.348 e. The number of hydrogen-bond donors (Lipinski definition) is 2. The van der Waals surface area contributed by atoms with Gasteiger partial charge in [-0.2, -0.15) is 0 Å². The summed E-state index contributed by atoms with van der Waals surface area (Å²) in [5, 5.41) is 2.78. The summed E-state index contributed by atoms with van der Waals surface area (Å²) in [5.74, 6) is -0.779. The predicted molar refractivity (Wildman–Crippen MR) is 104 cm³/mol. The van der Waals surface area contributed by atoms with Crippen LogP contribution in [-0.4, -0.2) is 19.3 Å². The van der Waals surface area contributed by atoms with Gasteiger partial charge in [0.2, 0.25) is 0 Å². The van der Waals surface area contributed by atoms with E-state index in [2.05, 4.69) is 15.0 Å². The van der Waals surface area contributed by atoms with Gasteiger partial charge in [0.1, 0.15) is 5.82 Å². The number of amides is 1. The summed E-state index contributed by atoms with van der Waals surface area (Å²) in [6.07, 6.45) is 3.29. The van der Waals surface area contributed by atoms with Crippen LogP contribution in [0.15, 0.2) is 71.9 Å². The minimum atomic E-state index is -3.86. The van der Waals surface area contributed by atoms with Crippen LogP contribution >= 0.6 is 0 Å². The molecule has 2 aromatic carbocycles. The average Bonchev–Trinajstić information content (AvgIpc) is 2.67. The third kappa shape index (κ3) is 4.72. The molecule has 0 atom stereocenters. The smallest absolute Gasteiger partial charge is 0.262 e. The van der Waals surface area contributed by atoms with Crippen molar-refractivity contribution in [1.29, 1.82) is 0 Å². The molecule has 0 saturated heterocycles. The zero-order valence-electron chi connectivity index (χ0n) is 15.0. The number of anilines is 1. The molecule has 0 aliphatic rings. The van der Waals surface area contributed by atoms with Gasteiger partial charge in [-0.3, -0.25) is 14.5 Å². The van der Waals surface area contributed by atoms with Gasteiger partial charge in [-0.05, 0) is 72.6 Å². The monoisotopic (exact) mass is 399 g/mol. The van der Waals surface area contributed by atoms with Crippen molar-refractivity contribution in [2.75, 3.05) is 4.72 Å². The number of pyridine rings is 1. The van der Waals surface area contributed by atoms with Crippen molar-refractivity contribution in [3.05, 3.63) is 89.5 Å². The lowest BCUT2D eigenvalue weighted by Crippen LogP contribution is -2.22. The highest BCUT2D eigenvalue weighted by Gasteiger charge is 2.17. The topological polar surface area (TPSA) is 88.2 Å². The van der Waals surface area contributed by atoms with Gasteiger partial charge in [0.25, 0.3) is 15.9 Å². The van der Waals surface area contributed by atoms with E-state index in [0.717, 1.165) is 17.7 Å². The molecule has 0 aliphatic heterocycles. The Labute approximate surface area is 162 Å². The zero-order valence-corrected chi connectivity index (χ0v) is 15.8. The van der Waals surface area contributed by atoms with Crippen LogP contribution in [0.1, 0.15) is 21.5 Å². The standard InChI is InChI=1S/C20H18FN3O3S/c1-14-12-17(21)4-7-19(14)28(26,27)24-18-5-2-16(3-6-18)20(25)23-13-15-8-10-22-11-9-15/h2-12,24H,13H2,1H3,(H,23,25). The highest BCUT2D eigenvalue weighted by atomic mass is 32.2. The fraction of sp³-hybridized carbons (Fsp3) is 0.100. The number of sulfonamides is 1. The molecule has 6 nitrogen and oxygen atoms in total. The van der Waals surface area contributed by atoms with Crippen molar-refractivity contribution in [3.8, 4) is 0 Å². The number of halogens is 1. The van der Waals surface area contributed by atoms with Gasteiger partial charge in [-0.25, -0.2) is 12.8 Å². The Balaban J connectivity index is 1.67. The van der Waals surface area contributed by atoms with E-state index in [1.165, 1.54) is 37.3 Å². The average molecular weight is 399 g/mol. The molecule has 0 saturated carbocycles. The number of benzene rings is 2. The molecule has 1 heterocycles. The maximum absolute atomic E-state index is 13.2. The second kappa shape index (κ2) is 8.18. The molecule has 0 fully saturated rings. The van der Waals surface area contributed by atoms with Crippen LogP contribution in [0.3, 0.4) is 0 Å². The lowest BCUT2D eigenvalue weighted by Gasteiger charge is -2.11. The molecule has 3 rings (SSSR count). The molecule has 144 valence electrons. The van der Waals surface area contributed by atoms with Crippen LogP contribution < -0.4 is 10.0 Å². The minimum absolute atomic E-state index is 0.00642. The summed E-state index contributed by atoms with van der Waals surface area (Å²) in [6.45, 7) is 1.88. The van der Waals surface area contributed by atoms with Crippen molar-refractivity contribution < 1.29 is 17.6 Å². The second-order valence-corrected chi connectivity index (χ2v) is 7.78. The van der Waals surface area contributed by atoms with Crippen molar-refractivity contribution in [3.63, 3.8) is 0 Å². The summed E-state index contributed by atoms with van der Waals surface area (Å²) in [5.41, 5.74) is 1.92. The summed E-state index contributed by atoms with van der Waals surface area (Å²) < 4.78 is 40.6. The Morgan fingerprint density at radius 3 is 2.36 bits per heavy atom. The molecular weight excluding hydrogens is 381 g/mol. The Morgan fingerprint density at radius 2 is 1.71 bits per heavy atom. The Kier molecular flexibility index (Phi) is 5.70. The van der Waals surface area contributed by atoms with E-state index in [4.69, 9.17) is 0 Å². The predicted octanol–water partition coefficient (Wildman–Crippen LogP) is 3.26. The van der Waals surface area contributed by atoms with Crippen LogP contribution in [0.2, 0.25) is 0 Å². The Morgan fingerprint density at radius 1 is 1.04 bits per heavy atom. The van der Waals surface area contributed by atoms with E-state index in [0.29, 0.717) is 23.4 Å². The molecule has 8 heteroatoms. The van der Waals surface area contributed by atoms with Gasteiger partial charge in [-0.1, -0.05) is 0 Å². The first-order chi connectivity index (χ1) is 13.3. The van der Waals surface area contributed by atoms with Gasteiger partial charge in [-0.15, -0.1) is 0 Å². The number of nitrogens with zero attached hydrogens (tertiary/aromatic N) is 1. The molecule has 0 unspecified atom stereocenters. The van der Waals surface area contributed by atoms with Gasteiger partial charge in [0, 0.05) is 30.2 Å². The fourth-order valence-electron chi connectivity index (χ4n) is 2.60. The third-order valence-electron chi connectivity index (χ3n) is 4.03. The number of rotatable bonds is 6. The molecule has 0 radical (unpaired) electrons. The van der Waals surface area contributed by atoms with E-state index >= 15 is 0 Å². The lowest BCUT2D eigenvalue weighted by molar-refractivity contribution is 0.0951. The summed E-state index contributed by atoms with van der Waals surface area (Å²) in [6, 6.07) is 13.1. The lowest BCUT2D eigenvalue weighted by atomic mass is 10.2. The molecule has 0 bridgehead atoms. The molecule has 28 heavy (non-hydrogen) atoms. The van der Waals surface area contributed by atoms with Crippen molar-refractivity contribution in [2.24, 2.45) is 0 Å². The van der Waals surface area contributed by atoms with E-state index in [1.807, 2.05) is 0 Å². The zero-order chi connectivity index (χ0) is 20.1. The van der Waals surface area contributed by atoms with E-state index in [-0.39, 0.29) is 10.8 Å². The van der Waals surface area contributed by atoms with Gasteiger partial charge in [0.15, 0.2) is 0 Å². The van der Waals surface area contributed by atoms with Gasteiger partial charge >= 0.3 is 0 Å². The molecule has 1 amide bonds. The summed E-state index contributed by atoms with van der Waals surface area (Å²) in [7, 11) is -3.86. The number of aromatic nitrogens is 1. The first-order valence-corrected chi connectivity index (χ1v) is 9.89. The maximum Gasteiger partial charge on any atom is 0.262 e. The van der Waals surface area contributed by atoms with Crippen LogP contribution in [-0.2, 0) is 16.6 Å². The number of carbonyl (C=O) groups excluding carboxylic acids is 1. The van der Waals surface area contributed by atoms with Gasteiger partial charge < -0.3 is 5.32 Å². The molecular formula is C20H18FN3O3S. The molecule has 0 spiro atoms. The third-order valence-corrected chi connectivity index (χ3v) is 5.57. The summed E-state index contributed by atoms with van der Waals surface area (Å²) in [4.78, 5) is 16.1. The van der Waals surface area contributed by atoms with Crippen LogP contribution in [0.5, 0.6) is 0 Å². The quantitative estimate of drug-likeness (QED) is 0.666. The first kappa shape index (κ1) is 19.5. The van der Waals surface area contributed by atoms with Crippen LogP contribution in [0.25, 0.3) is 0 Å². The molecule has 0 aliphatic carbocycles. The number of hydrogen-bond acceptors (Lipinski definition) is 4. The second-order valence-electron chi connectivity index (χ2n) is 6.13. The van der Waals surface area contributed by atoms with E-state index in [9.17, 15) is 17.6 Å². The number of nitrogens with one attached hydrogen (secondary N) is 2. The normalized spacial score (nSPS) is 11.1. The van der Waals surface area contributed by atoms with Crippen LogP contribution in [0, 0.1) is 12.7 Å². The Hall–Kier alpha value is -3.26. The van der Waals surface area contributed by atoms with Crippen molar-refractivity contribution in [2.45, 2.75) is 18.4 Å². The molecule has 1 aromatic heterocycles. The van der Waals surface area contributed by atoms with Crippen molar-refractivity contribution >= 4 is 21.6 Å². The maximum atomic E-state index is 13.2. The number of aryl methyl sites for hydroxylation is 1. The SMILES string of the molecule is Cc1cc(F)ccc1S(=O)(=O)Nc1ccc(C(=O)NCc2ccncc2)cc1. The van der Waals surface area contributed by atoms with Gasteiger partial charge in [0.05, 0.1) is 4.90 Å². The number of carbonyl (C=O) groups is 1. The first-order valence-electron chi connectivity index (χ1n) is 8.41. The molecule has 3 aromatic rings. The minimum Gasteiger partial charge on any atom is -0.348 e. The van der Waals surface area contributed by atoms with E-state index < -0.39 is 15.8 Å². The highest BCUT2D eigenvalue weighted by Crippen LogP contribution is 2.20. The molecule has 2 N–H and O–H groups in total. The van der Waals surface area contributed by atoms with Crippen molar-refractivity contribution in [1.82, 2.24) is 10.3 Å². The van der Waals surface area contributed by atoms with Crippen LogP contribution in [0.4, 0.5) is 10.1 Å². The highest BCUT2D eigenvalue weighted by molar-refractivity contribution is 7.92. The fourth-order valence-corrected chi connectivity index (χ4v) is 3.89. The summed E-state index contributed by atoms with van der Waals surface area (Å²) >= 11 is 0.